The first-order valence-electron chi connectivity index (χ1n) is 4.26. The van der Waals surface area contributed by atoms with Crippen LogP contribution in [-0.2, 0) is 23.4 Å². The van der Waals surface area contributed by atoms with Gasteiger partial charge in [-0.25, -0.2) is 0 Å². The number of nitrogens with zero attached hydrogens (tertiary/aromatic N) is 2. The molecule has 0 aromatic carbocycles. The molecule has 0 amide bonds. The van der Waals surface area contributed by atoms with Crippen LogP contribution in [-0.4, -0.2) is 16.1 Å². The van der Waals surface area contributed by atoms with E-state index < -0.39 is 17.3 Å². The number of carbonyl (C=O) groups excluding carboxylic acids is 1. The first-order valence-corrected chi connectivity index (χ1v) is 4.26. The quantitative estimate of drug-likeness (QED) is 0.713. The van der Waals surface area contributed by atoms with Crippen molar-refractivity contribution in [3.63, 3.8) is 0 Å². The molecule has 0 unspecified atom stereocenters. The van der Waals surface area contributed by atoms with E-state index >= 15 is 0 Å². The van der Waals surface area contributed by atoms with E-state index in [-0.39, 0.29) is 5.69 Å². The molecule has 0 saturated carbocycles. The summed E-state index contributed by atoms with van der Waals surface area (Å²) in [6.07, 6.45) is -3.88. The van der Waals surface area contributed by atoms with Crippen LogP contribution in [0.25, 0.3) is 0 Å². The number of alkyl halides is 3. The van der Waals surface area contributed by atoms with Gasteiger partial charge in [-0.05, 0) is 19.9 Å². The van der Waals surface area contributed by atoms with E-state index in [9.17, 15) is 18.0 Å². The lowest BCUT2D eigenvalue weighted by Gasteiger charge is -2.16. The van der Waals surface area contributed by atoms with E-state index in [1.165, 1.54) is 20.9 Å². The van der Waals surface area contributed by atoms with E-state index in [0.717, 1.165) is 10.7 Å². The molecule has 0 aliphatic carbocycles. The molecule has 1 aromatic rings. The molecule has 1 rings (SSSR count). The minimum atomic E-state index is -4.48. The van der Waals surface area contributed by atoms with Gasteiger partial charge in [0.05, 0.1) is 11.1 Å². The summed E-state index contributed by atoms with van der Waals surface area (Å²) in [6.45, 7) is 3.08. The Balaban J connectivity index is 3.24. The fourth-order valence-corrected chi connectivity index (χ4v) is 1.27. The van der Waals surface area contributed by atoms with Gasteiger partial charge in [0, 0.05) is 7.05 Å². The van der Waals surface area contributed by atoms with Gasteiger partial charge in [-0.1, -0.05) is 0 Å². The van der Waals surface area contributed by atoms with Gasteiger partial charge >= 0.3 is 6.18 Å². The zero-order valence-electron chi connectivity index (χ0n) is 8.59. The first-order chi connectivity index (χ1) is 6.68. The van der Waals surface area contributed by atoms with Crippen molar-refractivity contribution in [3.05, 3.63) is 17.5 Å². The largest absolute Gasteiger partial charge is 0.435 e. The predicted molar refractivity (Wildman–Crippen MR) is 47.3 cm³/mol. The molecule has 0 radical (unpaired) electrons. The summed E-state index contributed by atoms with van der Waals surface area (Å²) >= 11 is 0. The number of carbonyl (C=O) groups is 1. The maximum atomic E-state index is 12.3. The second kappa shape index (κ2) is 3.36. The van der Waals surface area contributed by atoms with Crippen LogP contribution >= 0.6 is 0 Å². The Morgan fingerprint density at radius 2 is 1.93 bits per heavy atom. The molecule has 0 saturated heterocycles. The summed E-state index contributed by atoms with van der Waals surface area (Å²) < 4.78 is 38.0. The molecule has 0 aliphatic heterocycles. The van der Waals surface area contributed by atoms with Crippen LogP contribution in [0.1, 0.15) is 25.2 Å². The second-order valence-corrected chi connectivity index (χ2v) is 3.88. The highest BCUT2D eigenvalue weighted by molar-refractivity contribution is 5.66. The van der Waals surface area contributed by atoms with Crippen LogP contribution in [0.5, 0.6) is 0 Å². The smallest absolute Gasteiger partial charge is 0.302 e. The summed E-state index contributed by atoms with van der Waals surface area (Å²) in [5.41, 5.74) is -1.70. The molecular weight excluding hydrogens is 209 g/mol. The average molecular weight is 220 g/mol. The summed E-state index contributed by atoms with van der Waals surface area (Å²) in [6, 6.07) is 0.897. The average Bonchev–Trinajstić information content (AvgIpc) is 2.47. The summed E-state index contributed by atoms with van der Waals surface area (Å²) in [7, 11) is 1.38. The van der Waals surface area contributed by atoms with Crippen LogP contribution in [0.4, 0.5) is 13.2 Å². The summed E-state index contributed by atoms with van der Waals surface area (Å²) in [5.74, 6) is 0. The zero-order valence-corrected chi connectivity index (χ0v) is 8.59. The van der Waals surface area contributed by atoms with Crippen LogP contribution in [0.2, 0.25) is 0 Å². The van der Waals surface area contributed by atoms with E-state index in [0.29, 0.717) is 6.29 Å². The maximum absolute atomic E-state index is 12.3. The van der Waals surface area contributed by atoms with Crippen molar-refractivity contribution in [2.24, 2.45) is 7.05 Å². The number of aromatic nitrogens is 2. The van der Waals surface area contributed by atoms with Crippen molar-refractivity contribution in [3.8, 4) is 0 Å². The standard InChI is InChI=1S/C9H11F3N2O/c1-8(2,5-15)7-4-6(9(10,11)12)13-14(7)3/h4-5H,1-3H3. The third-order valence-corrected chi connectivity index (χ3v) is 2.13. The van der Waals surface area contributed by atoms with Gasteiger partial charge in [0.1, 0.15) is 6.29 Å². The van der Waals surface area contributed by atoms with Crippen molar-refractivity contribution >= 4 is 6.29 Å². The molecule has 0 spiro atoms. The second-order valence-electron chi connectivity index (χ2n) is 3.88. The molecule has 0 atom stereocenters. The highest BCUT2D eigenvalue weighted by atomic mass is 19.4. The van der Waals surface area contributed by atoms with E-state index in [2.05, 4.69) is 5.10 Å². The molecule has 0 aliphatic rings. The van der Waals surface area contributed by atoms with Gasteiger partial charge in [-0.15, -0.1) is 0 Å². The SMILES string of the molecule is Cn1nc(C(F)(F)F)cc1C(C)(C)C=O. The molecule has 84 valence electrons. The minimum Gasteiger partial charge on any atom is -0.302 e. The third kappa shape index (κ3) is 2.19. The Morgan fingerprint density at radius 1 is 1.40 bits per heavy atom. The van der Waals surface area contributed by atoms with Crippen molar-refractivity contribution in [2.75, 3.05) is 0 Å². The number of aldehydes is 1. The minimum absolute atomic E-state index is 0.241. The van der Waals surface area contributed by atoms with E-state index in [1.807, 2.05) is 0 Å². The Kier molecular flexibility index (Phi) is 2.63. The first kappa shape index (κ1) is 11.7. The lowest BCUT2D eigenvalue weighted by molar-refractivity contribution is -0.141. The number of halogens is 3. The molecule has 3 nitrogen and oxygen atoms in total. The van der Waals surface area contributed by atoms with Gasteiger partial charge < -0.3 is 4.79 Å². The van der Waals surface area contributed by atoms with Gasteiger partial charge in [-0.3, -0.25) is 4.68 Å². The number of hydrogen-bond donors (Lipinski definition) is 0. The lowest BCUT2D eigenvalue weighted by atomic mass is 9.91. The fourth-order valence-electron chi connectivity index (χ4n) is 1.27. The molecule has 15 heavy (non-hydrogen) atoms. The number of aryl methyl sites for hydroxylation is 1. The predicted octanol–water partition coefficient (Wildman–Crippen LogP) is 1.92. The Labute approximate surface area is 84.9 Å². The topological polar surface area (TPSA) is 34.9 Å². The van der Waals surface area contributed by atoms with Crippen molar-refractivity contribution in [2.45, 2.75) is 25.4 Å². The monoisotopic (exact) mass is 220 g/mol. The van der Waals surface area contributed by atoms with Gasteiger partial charge in [0.25, 0.3) is 0 Å². The van der Waals surface area contributed by atoms with Gasteiger partial charge in [-0.2, -0.15) is 18.3 Å². The maximum Gasteiger partial charge on any atom is 0.435 e. The normalized spacial score (nSPS) is 12.9. The molecular formula is C9H11F3N2O. The van der Waals surface area contributed by atoms with Crippen LogP contribution in [0.15, 0.2) is 6.07 Å². The van der Waals surface area contributed by atoms with E-state index in [1.54, 1.807) is 0 Å². The summed E-state index contributed by atoms with van der Waals surface area (Å²) in [4.78, 5) is 10.7. The Hall–Kier alpha value is -1.33. The number of rotatable bonds is 2. The Morgan fingerprint density at radius 3 is 2.27 bits per heavy atom. The lowest BCUT2D eigenvalue weighted by Crippen LogP contribution is -2.22. The van der Waals surface area contributed by atoms with Crippen LogP contribution in [0, 0.1) is 0 Å². The molecule has 0 N–H and O–H groups in total. The van der Waals surface area contributed by atoms with E-state index in [4.69, 9.17) is 0 Å². The van der Waals surface area contributed by atoms with Crippen molar-refractivity contribution in [1.82, 2.24) is 9.78 Å². The molecule has 1 heterocycles. The van der Waals surface area contributed by atoms with Crippen molar-refractivity contribution < 1.29 is 18.0 Å². The van der Waals surface area contributed by atoms with Crippen LogP contribution in [0.3, 0.4) is 0 Å². The van der Waals surface area contributed by atoms with Crippen molar-refractivity contribution in [1.29, 1.82) is 0 Å². The highest BCUT2D eigenvalue weighted by Crippen LogP contribution is 2.31. The van der Waals surface area contributed by atoms with Gasteiger partial charge in [0.15, 0.2) is 5.69 Å². The highest BCUT2D eigenvalue weighted by Gasteiger charge is 2.36. The molecule has 1 aromatic heterocycles. The third-order valence-electron chi connectivity index (χ3n) is 2.13. The van der Waals surface area contributed by atoms with Crippen LogP contribution < -0.4 is 0 Å². The molecule has 0 bridgehead atoms. The Bertz CT molecular complexity index is 379. The fraction of sp³-hybridized carbons (Fsp3) is 0.556. The molecule has 6 heteroatoms. The zero-order chi connectivity index (χ0) is 11.9. The number of hydrogen-bond acceptors (Lipinski definition) is 2. The molecule has 0 fully saturated rings. The summed E-state index contributed by atoms with van der Waals surface area (Å²) in [5, 5.41) is 3.33. The van der Waals surface area contributed by atoms with Gasteiger partial charge in [0.2, 0.25) is 0 Å².